The van der Waals surface area contributed by atoms with E-state index < -0.39 is 0 Å². The van der Waals surface area contributed by atoms with Crippen LogP contribution in [0.2, 0.25) is 0 Å². The van der Waals surface area contributed by atoms with Crippen LogP contribution in [0.1, 0.15) is 42.7 Å². The van der Waals surface area contributed by atoms with Crippen LogP contribution in [0.3, 0.4) is 0 Å². The first kappa shape index (κ1) is 15.3. The maximum Gasteiger partial charge on any atom is 0.257 e. The molecular formula is C17H20BrN3O. The number of carbonyl (C=O) groups is 1. The standard InChI is InChI=1S/C17H20BrN3O/c1-11(2)20(14-8-9-14)17(22)16-10-19-21(12(16)3)15-6-4-13(18)5-7-15/h4-7,10-11,14H,8-9H2,1-3H3. The van der Waals surface area contributed by atoms with Crippen LogP contribution in [0.15, 0.2) is 34.9 Å². The number of amides is 1. The highest BCUT2D eigenvalue weighted by atomic mass is 79.9. The van der Waals surface area contributed by atoms with Gasteiger partial charge in [0.15, 0.2) is 0 Å². The van der Waals surface area contributed by atoms with Gasteiger partial charge in [-0.1, -0.05) is 15.9 Å². The second kappa shape index (κ2) is 5.88. The molecule has 116 valence electrons. The Labute approximate surface area is 139 Å². The summed E-state index contributed by atoms with van der Waals surface area (Å²) >= 11 is 3.43. The first-order valence-electron chi connectivity index (χ1n) is 7.62. The van der Waals surface area contributed by atoms with Crippen molar-refractivity contribution in [2.24, 2.45) is 0 Å². The summed E-state index contributed by atoms with van der Waals surface area (Å²) in [5, 5.41) is 4.41. The van der Waals surface area contributed by atoms with Gasteiger partial charge >= 0.3 is 0 Å². The average molecular weight is 362 g/mol. The zero-order valence-electron chi connectivity index (χ0n) is 13.1. The molecule has 0 spiro atoms. The SMILES string of the molecule is Cc1c(C(=O)N(C(C)C)C2CC2)cnn1-c1ccc(Br)cc1. The fraction of sp³-hybridized carbons (Fsp3) is 0.412. The van der Waals surface area contributed by atoms with Crippen molar-refractivity contribution in [3.63, 3.8) is 0 Å². The number of aromatic nitrogens is 2. The second-order valence-electron chi connectivity index (χ2n) is 6.07. The first-order valence-corrected chi connectivity index (χ1v) is 8.41. The summed E-state index contributed by atoms with van der Waals surface area (Å²) in [4.78, 5) is 14.8. The molecule has 1 heterocycles. The predicted molar refractivity (Wildman–Crippen MR) is 90.3 cm³/mol. The molecule has 1 aliphatic rings. The van der Waals surface area contributed by atoms with Gasteiger partial charge in [-0.25, -0.2) is 4.68 Å². The Balaban J connectivity index is 1.92. The summed E-state index contributed by atoms with van der Waals surface area (Å²) in [5.74, 6) is 0.0957. The molecule has 1 aliphatic carbocycles. The maximum absolute atomic E-state index is 12.9. The minimum Gasteiger partial charge on any atom is -0.333 e. The summed E-state index contributed by atoms with van der Waals surface area (Å²) in [7, 11) is 0. The molecule has 0 atom stereocenters. The molecule has 2 aromatic rings. The van der Waals surface area contributed by atoms with Crippen molar-refractivity contribution in [1.82, 2.24) is 14.7 Å². The fourth-order valence-electron chi connectivity index (χ4n) is 2.78. The van der Waals surface area contributed by atoms with E-state index in [0.29, 0.717) is 11.6 Å². The highest BCUT2D eigenvalue weighted by Gasteiger charge is 2.35. The highest BCUT2D eigenvalue weighted by molar-refractivity contribution is 9.10. The lowest BCUT2D eigenvalue weighted by molar-refractivity contribution is 0.0689. The van der Waals surface area contributed by atoms with Crippen molar-refractivity contribution in [2.45, 2.75) is 45.7 Å². The summed E-state index contributed by atoms with van der Waals surface area (Å²) in [6.45, 7) is 6.10. The summed E-state index contributed by atoms with van der Waals surface area (Å²) < 4.78 is 2.85. The van der Waals surface area contributed by atoms with Crippen LogP contribution in [-0.4, -0.2) is 32.7 Å². The van der Waals surface area contributed by atoms with Crippen LogP contribution < -0.4 is 0 Å². The van der Waals surface area contributed by atoms with E-state index in [1.54, 1.807) is 6.20 Å². The lowest BCUT2D eigenvalue weighted by atomic mass is 10.2. The van der Waals surface area contributed by atoms with E-state index in [2.05, 4.69) is 34.9 Å². The van der Waals surface area contributed by atoms with E-state index in [-0.39, 0.29) is 11.9 Å². The van der Waals surface area contributed by atoms with Gasteiger partial charge in [0.2, 0.25) is 0 Å². The number of hydrogen-bond acceptors (Lipinski definition) is 2. The van der Waals surface area contributed by atoms with Crippen molar-refractivity contribution in [2.75, 3.05) is 0 Å². The molecule has 0 unspecified atom stereocenters. The van der Waals surface area contributed by atoms with Gasteiger partial charge in [0.05, 0.1) is 23.1 Å². The van der Waals surface area contributed by atoms with Gasteiger partial charge < -0.3 is 4.90 Å². The van der Waals surface area contributed by atoms with Crippen LogP contribution in [0.5, 0.6) is 0 Å². The zero-order chi connectivity index (χ0) is 15.9. The minimum atomic E-state index is 0.0957. The monoisotopic (exact) mass is 361 g/mol. The normalized spacial score (nSPS) is 14.4. The van der Waals surface area contributed by atoms with Gasteiger partial charge in [-0.3, -0.25) is 4.79 Å². The van der Waals surface area contributed by atoms with Crippen molar-refractivity contribution in [3.05, 3.63) is 46.2 Å². The minimum absolute atomic E-state index is 0.0957. The lowest BCUT2D eigenvalue weighted by Gasteiger charge is -2.26. The third-order valence-electron chi connectivity index (χ3n) is 4.04. The van der Waals surface area contributed by atoms with Gasteiger partial charge in [-0.2, -0.15) is 5.10 Å². The van der Waals surface area contributed by atoms with E-state index in [1.807, 2.05) is 40.8 Å². The number of carbonyl (C=O) groups excluding carboxylic acids is 1. The Morgan fingerprint density at radius 3 is 2.50 bits per heavy atom. The molecule has 5 heteroatoms. The fourth-order valence-corrected chi connectivity index (χ4v) is 3.04. The number of rotatable bonds is 4. The molecule has 1 fully saturated rings. The van der Waals surface area contributed by atoms with Crippen molar-refractivity contribution < 1.29 is 4.79 Å². The Kier molecular flexibility index (Phi) is 4.08. The first-order chi connectivity index (χ1) is 10.5. The van der Waals surface area contributed by atoms with Crippen LogP contribution in [0.4, 0.5) is 0 Å². The molecule has 3 rings (SSSR count). The molecule has 1 aromatic heterocycles. The van der Waals surface area contributed by atoms with E-state index >= 15 is 0 Å². The van der Waals surface area contributed by atoms with Crippen LogP contribution in [0, 0.1) is 6.92 Å². The van der Waals surface area contributed by atoms with Gasteiger partial charge in [0.1, 0.15) is 0 Å². The molecular weight excluding hydrogens is 342 g/mol. The molecule has 1 amide bonds. The van der Waals surface area contributed by atoms with E-state index in [0.717, 1.165) is 28.7 Å². The van der Waals surface area contributed by atoms with E-state index in [9.17, 15) is 4.79 Å². The quantitative estimate of drug-likeness (QED) is 0.826. The molecule has 0 radical (unpaired) electrons. The molecule has 1 aromatic carbocycles. The van der Waals surface area contributed by atoms with E-state index in [4.69, 9.17) is 0 Å². The Morgan fingerprint density at radius 2 is 1.95 bits per heavy atom. The van der Waals surface area contributed by atoms with Crippen molar-refractivity contribution >= 4 is 21.8 Å². The number of hydrogen-bond donors (Lipinski definition) is 0. The predicted octanol–water partition coefficient (Wildman–Crippen LogP) is 3.96. The summed E-state index contributed by atoms with van der Waals surface area (Å²) in [6, 6.07) is 8.54. The topological polar surface area (TPSA) is 38.1 Å². The zero-order valence-corrected chi connectivity index (χ0v) is 14.7. The molecule has 1 saturated carbocycles. The van der Waals surface area contributed by atoms with Gasteiger partial charge in [-0.05, 0) is 57.9 Å². The lowest BCUT2D eigenvalue weighted by Crippen LogP contribution is -2.38. The molecule has 0 saturated heterocycles. The van der Waals surface area contributed by atoms with Crippen molar-refractivity contribution in [3.8, 4) is 5.69 Å². The van der Waals surface area contributed by atoms with Crippen LogP contribution in [0.25, 0.3) is 5.69 Å². The summed E-state index contributed by atoms with van der Waals surface area (Å²) in [5.41, 5.74) is 2.55. The van der Waals surface area contributed by atoms with Gasteiger partial charge in [0.25, 0.3) is 5.91 Å². The Hall–Kier alpha value is -1.62. The molecule has 0 bridgehead atoms. The summed E-state index contributed by atoms with van der Waals surface area (Å²) in [6.07, 6.45) is 3.92. The van der Waals surface area contributed by atoms with Gasteiger partial charge in [0, 0.05) is 16.6 Å². The third kappa shape index (κ3) is 2.82. The molecule has 0 N–H and O–H groups in total. The molecule has 0 aliphatic heterocycles. The Bertz CT molecular complexity index is 684. The smallest absolute Gasteiger partial charge is 0.257 e. The second-order valence-corrected chi connectivity index (χ2v) is 6.98. The maximum atomic E-state index is 12.9. The number of benzene rings is 1. The van der Waals surface area contributed by atoms with Crippen LogP contribution in [-0.2, 0) is 0 Å². The van der Waals surface area contributed by atoms with E-state index in [1.165, 1.54) is 0 Å². The number of halogens is 1. The highest BCUT2D eigenvalue weighted by Crippen LogP contribution is 2.30. The third-order valence-corrected chi connectivity index (χ3v) is 4.57. The largest absolute Gasteiger partial charge is 0.333 e. The number of nitrogens with zero attached hydrogens (tertiary/aromatic N) is 3. The van der Waals surface area contributed by atoms with Crippen molar-refractivity contribution in [1.29, 1.82) is 0 Å². The van der Waals surface area contributed by atoms with Gasteiger partial charge in [-0.15, -0.1) is 0 Å². The molecule has 22 heavy (non-hydrogen) atoms. The Morgan fingerprint density at radius 1 is 1.32 bits per heavy atom. The van der Waals surface area contributed by atoms with Crippen LogP contribution >= 0.6 is 15.9 Å². The molecule has 4 nitrogen and oxygen atoms in total. The average Bonchev–Trinajstić information content (AvgIpc) is 3.22.